The van der Waals surface area contributed by atoms with Gasteiger partial charge >= 0.3 is 0 Å². The highest BCUT2D eigenvalue weighted by molar-refractivity contribution is 5.78. The Bertz CT molecular complexity index is 537. The Labute approximate surface area is 144 Å². The van der Waals surface area contributed by atoms with Gasteiger partial charge in [-0.3, -0.25) is 9.69 Å². The van der Waals surface area contributed by atoms with E-state index in [1.807, 2.05) is 6.07 Å². The van der Waals surface area contributed by atoms with Gasteiger partial charge in [-0.2, -0.15) is 0 Å². The molecule has 3 rings (SSSR count). The van der Waals surface area contributed by atoms with Gasteiger partial charge in [0.1, 0.15) is 0 Å². The smallest absolute Gasteiger partial charge is 0.234 e. The van der Waals surface area contributed by atoms with Gasteiger partial charge in [0.25, 0.3) is 0 Å². The number of rotatable bonds is 5. The standard InChI is InChI=1S/C19H29N3O2/c1-15-7-9-21(13-18(15)23)14-19(24)20-11-16-8-10-22(12-16)17-5-3-2-4-6-17/h2-6,15-16,18,23H,7-14H2,1H3,(H,20,24). The highest BCUT2D eigenvalue weighted by atomic mass is 16.3. The van der Waals surface area contributed by atoms with Crippen molar-refractivity contribution in [1.29, 1.82) is 0 Å². The highest BCUT2D eigenvalue weighted by Crippen LogP contribution is 2.23. The van der Waals surface area contributed by atoms with Gasteiger partial charge in [-0.05, 0) is 43.4 Å². The molecule has 3 unspecified atom stereocenters. The molecular formula is C19H29N3O2. The summed E-state index contributed by atoms with van der Waals surface area (Å²) in [5.41, 5.74) is 1.27. The predicted molar refractivity (Wildman–Crippen MR) is 96.0 cm³/mol. The Hall–Kier alpha value is -1.59. The maximum absolute atomic E-state index is 12.2. The number of β-amino-alcohol motifs (C(OH)–C–C–N with tert-alkyl or cyclic N) is 1. The molecule has 0 saturated carbocycles. The maximum Gasteiger partial charge on any atom is 0.234 e. The Morgan fingerprint density at radius 1 is 1.21 bits per heavy atom. The van der Waals surface area contributed by atoms with Gasteiger partial charge < -0.3 is 15.3 Å². The van der Waals surface area contributed by atoms with Crippen molar-refractivity contribution in [2.24, 2.45) is 11.8 Å². The lowest BCUT2D eigenvalue weighted by Gasteiger charge is -2.33. The minimum atomic E-state index is -0.305. The van der Waals surface area contributed by atoms with E-state index in [1.54, 1.807) is 0 Å². The molecule has 2 fully saturated rings. The Morgan fingerprint density at radius 2 is 2.00 bits per heavy atom. The number of piperidine rings is 1. The average molecular weight is 331 g/mol. The molecular weight excluding hydrogens is 302 g/mol. The molecule has 5 nitrogen and oxygen atoms in total. The first-order chi connectivity index (χ1) is 11.6. The summed E-state index contributed by atoms with van der Waals surface area (Å²) in [7, 11) is 0. The third-order valence-corrected chi connectivity index (χ3v) is 5.37. The lowest BCUT2D eigenvalue weighted by molar-refractivity contribution is -0.123. The second kappa shape index (κ2) is 7.99. The summed E-state index contributed by atoms with van der Waals surface area (Å²) in [4.78, 5) is 16.6. The number of hydrogen-bond donors (Lipinski definition) is 2. The zero-order valence-corrected chi connectivity index (χ0v) is 14.5. The molecule has 1 aromatic rings. The van der Waals surface area contributed by atoms with Gasteiger partial charge in [0, 0.05) is 31.9 Å². The zero-order chi connectivity index (χ0) is 16.9. The molecule has 2 aliphatic rings. The van der Waals surface area contributed by atoms with Crippen molar-refractivity contribution >= 4 is 11.6 Å². The van der Waals surface area contributed by atoms with E-state index in [9.17, 15) is 9.90 Å². The van der Waals surface area contributed by atoms with E-state index in [2.05, 4.69) is 46.3 Å². The van der Waals surface area contributed by atoms with Crippen molar-refractivity contribution in [3.8, 4) is 0 Å². The SMILES string of the molecule is CC1CCN(CC(=O)NCC2CCN(c3ccccc3)C2)CC1O. The van der Waals surface area contributed by atoms with Crippen LogP contribution in [-0.2, 0) is 4.79 Å². The molecule has 24 heavy (non-hydrogen) atoms. The Morgan fingerprint density at radius 3 is 2.75 bits per heavy atom. The predicted octanol–water partition coefficient (Wildman–Crippen LogP) is 1.33. The van der Waals surface area contributed by atoms with Crippen LogP contribution in [0.2, 0.25) is 0 Å². The van der Waals surface area contributed by atoms with E-state index in [0.717, 1.165) is 39.0 Å². The molecule has 3 atom stereocenters. The number of para-hydroxylation sites is 1. The van der Waals surface area contributed by atoms with Gasteiger partial charge in [0.05, 0.1) is 12.6 Å². The van der Waals surface area contributed by atoms with Gasteiger partial charge in [0.15, 0.2) is 0 Å². The number of aliphatic hydroxyl groups excluding tert-OH is 1. The number of nitrogens with zero attached hydrogens (tertiary/aromatic N) is 2. The Balaban J connectivity index is 1.38. The van der Waals surface area contributed by atoms with Crippen LogP contribution in [0.5, 0.6) is 0 Å². The van der Waals surface area contributed by atoms with Gasteiger partial charge in [0.2, 0.25) is 5.91 Å². The normalized spacial score (nSPS) is 28.1. The quantitative estimate of drug-likeness (QED) is 0.855. The number of benzene rings is 1. The number of nitrogens with one attached hydrogen (secondary N) is 1. The van der Waals surface area contributed by atoms with Gasteiger partial charge in [-0.25, -0.2) is 0 Å². The molecule has 2 aliphatic heterocycles. The fourth-order valence-corrected chi connectivity index (χ4v) is 3.65. The van der Waals surface area contributed by atoms with Crippen molar-refractivity contribution < 1.29 is 9.90 Å². The molecule has 0 radical (unpaired) electrons. The molecule has 0 aliphatic carbocycles. The summed E-state index contributed by atoms with van der Waals surface area (Å²) in [6, 6.07) is 10.5. The van der Waals surface area contributed by atoms with E-state index < -0.39 is 0 Å². The van der Waals surface area contributed by atoms with Crippen LogP contribution < -0.4 is 10.2 Å². The van der Waals surface area contributed by atoms with E-state index >= 15 is 0 Å². The van der Waals surface area contributed by atoms with Crippen molar-refractivity contribution in [1.82, 2.24) is 10.2 Å². The van der Waals surface area contributed by atoms with Crippen LogP contribution in [-0.4, -0.2) is 61.3 Å². The number of amides is 1. The zero-order valence-electron chi connectivity index (χ0n) is 14.5. The summed E-state index contributed by atoms with van der Waals surface area (Å²) in [5.74, 6) is 0.933. The van der Waals surface area contributed by atoms with Gasteiger partial charge in [-0.15, -0.1) is 0 Å². The lowest BCUT2D eigenvalue weighted by atomic mass is 9.96. The molecule has 0 spiro atoms. The summed E-state index contributed by atoms with van der Waals surface area (Å²) in [5, 5.41) is 13.0. The summed E-state index contributed by atoms with van der Waals surface area (Å²) >= 11 is 0. The van der Waals surface area contributed by atoms with Crippen LogP contribution in [0.15, 0.2) is 30.3 Å². The van der Waals surface area contributed by atoms with Crippen LogP contribution in [0.25, 0.3) is 0 Å². The van der Waals surface area contributed by atoms with Crippen LogP contribution in [0.3, 0.4) is 0 Å². The number of aliphatic hydroxyl groups is 1. The fourth-order valence-electron chi connectivity index (χ4n) is 3.65. The molecule has 5 heteroatoms. The largest absolute Gasteiger partial charge is 0.392 e. The maximum atomic E-state index is 12.2. The highest BCUT2D eigenvalue weighted by Gasteiger charge is 2.26. The van der Waals surface area contributed by atoms with Crippen LogP contribution in [0, 0.1) is 11.8 Å². The number of carbonyl (C=O) groups excluding carboxylic acids is 1. The minimum Gasteiger partial charge on any atom is -0.392 e. The van der Waals surface area contributed by atoms with Crippen LogP contribution in [0.4, 0.5) is 5.69 Å². The van der Waals surface area contributed by atoms with Crippen LogP contribution >= 0.6 is 0 Å². The third kappa shape index (κ3) is 4.48. The molecule has 0 aromatic heterocycles. The Kier molecular flexibility index (Phi) is 5.74. The van der Waals surface area contributed by atoms with E-state index in [-0.39, 0.29) is 12.0 Å². The number of carbonyl (C=O) groups is 1. The van der Waals surface area contributed by atoms with E-state index in [0.29, 0.717) is 24.9 Å². The first-order valence-corrected chi connectivity index (χ1v) is 9.09. The molecule has 0 bridgehead atoms. The fraction of sp³-hybridized carbons (Fsp3) is 0.632. The van der Waals surface area contributed by atoms with E-state index in [1.165, 1.54) is 5.69 Å². The first-order valence-electron chi connectivity index (χ1n) is 9.09. The topological polar surface area (TPSA) is 55.8 Å². The van der Waals surface area contributed by atoms with Crippen LogP contribution in [0.1, 0.15) is 19.8 Å². The number of hydrogen-bond acceptors (Lipinski definition) is 4. The molecule has 1 aromatic carbocycles. The second-order valence-electron chi connectivity index (χ2n) is 7.31. The lowest BCUT2D eigenvalue weighted by Crippen LogP contribution is -2.47. The summed E-state index contributed by atoms with van der Waals surface area (Å²) in [6.45, 7) is 6.79. The van der Waals surface area contributed by atoms with Crippen molar-refractivity contribution in [2.75, 3.05) is 44.2 Å². The van der Waals surface area contributed by atoms with Crippen molar-refractivity contribution in [3.63, 3.8) is 0 Å². The number of anilines is 1. The first kappa shape index (κ1) is 17.2. The summed E-state index contributed by atoms with van der Waals surface area (Å²) < 4.78 is 0. The monoisotopic (exact) mass is 331 g/mol. The third-order valence-electron chi connectivity index (χ3n) is 5.37. The van der Waals surface area contributed by atoms with E-state index in [4.69, 9.17) is 0 Å². The number of likely N-dealkylation sites (tertiary alicyclic amines) is 1. The molecule has 1 amide bonds. The summed E-state index contributed by atoms with van der Waals surface area (Å²) in [6.07, 6.45) is 1.78. The molecule has 2 saturated heterocycles. The second-order valence-corrected chi connectivity index (χ2v) is 7.31. The minimum absolute atomic E-state index is 0.0786. The average Bonchev–Trinajstić information content (AvgIpc) is 3.06. The van der Waals surface area contributed by atoms with Crippen molar-refractivity contribution in [3.05, 3.63) is 30.3 Å². The molecule has 2 N–H and O–H groups in total. The van der Waals surface area contributed by atoms with Crippen molar-refractivity contribution in [2.45, 2.75) is 25.9 Å². The molecule has 132 valence electrons. The van der Waals surface area contributed by atoms with Gasteiger partial charge in [-0.1, -0.05) is 25.1 Å². The molecule has 2 heterocycles.